The van der Waals surface area contributed by atoms with Crippen LogP contribution in [-0.4, -0.2) is 25.5 Å². The second-order valence-corrected chi connectivity index (χ2v) is 6.69. The van der Waals surface area contributed by atoms with Crippen molar-refractivity contribution in [3.8, 4) is 11.5 Å². The van der Waals surface area contributed by atoms with E-state index in [-0.39, 0.29) is 18.6 Å². The number of amides is 2. The molecule has 0 aliphatic carbocycles. The highest BCUT2D eigenvalue weighted by atomic mass is 16.5. The molecule has 144 valence electrons. The summed E-state index contributed by atoms with van der Waals surface area (Å²) in [7, 11) is 1.47. The van der Waals surface area contributed by atoms with Crippen LogP contribution in [0.25, 0.3) is 0 Å². The predicted molar refractivity (Wildman–Crippen MR) is 104 cm³/mol. The molecule has 0 aromatic heterocycles. The third-order valence-electron chi connectivity index (χ3n) is 4.01. The van der Waals surface area contributed by atoms with Gasteiger partial charge >= 0.3 is 0 Å². The molecule has 0 bridgehead atoms. The molecule has 0 aliphatic heterocycles. The summed E-state index contributed by atoms with van der Waals surface area (Å²) < 4.78 is 10.6. The lowest BCUT2D eigenvalue weighted by Crippen LogP contribution is -2.29. The van der Waals surface area contributed by atoms with Crippen molar-refractivity contribution in [2.75, 3.05) is 13.7 Å². The van der Waals surface area contributed by atoms with Gasteiger partial charge in [-0.25, -0.2) is 0 Å². The third kappa shape index (κ3) is 6.02. The number of hydrogen-bond donors (Lipinski definition) is 2. The monoisotopic (exact) mass is 370 g/mol. The maximum absolute atomic E-state index is 12.8. The van der Waals surface area contributed by atoms with E-state index in [1.807, 2.05) is 30.3 Å². The first kappa shape index (κ1) is 20.3. The minimum atomic E-state index is -0.585. The van der Waals surface area contributed by atoms with Gasteiger partial charge in [0.15, 0.2) is 18.1 Å². The molecule has 0 heterocycles. The van der Waals surface area contributed by atoms with Gasteiger partial charge in [-0.1, -0.05) is 44.2 Å². The Labute approximate surface area is 159 Å². The summed E-state index contributed by atoms with van der Waals surface area (Å²) in [5.74, 6) is 0.357. The third-order valence-corrected chi connectivity index (χ3v) is 4.01. The van der Waals surface area contributed by atoms with Gasteiger partial charge in [-0.15, -0.1) is 0 Å². The quantitative estimate of drug-likeness (QED) is 0.710. The van der Waals surface area contributed by atoms with Crippen molar-refractivity contribution in [3.63, 3.8) is 0 Å². The van der Waals surface area contributed by atoms with Crippen LogP contribution >= 0.6 is 0 Å². The van der Waals surface area contributed by atoms with Crippen molar-refractivity contribution in [2.24, 2.45) is 11.7 Å². The highest BCUT2D eigenvalue weighted by molar-refractivity contribution is 5.95. The zero-order valence-electron chi connectivity index (χ0n) is 15.9. The minimum absolute atomic E-state index is 0.0875. The second kappa shape index (κ2) is 9.62. The van der Waals surface area contributed by atoms with Crippen molar-refractivity contribution in [1.82, 2.24) is 5.32 Å². The molecule has 0 saturated heterocycles. The van der Waals surface area contributed by atoms with E-state index in [1.54, 1.807) is 18.2 Å². The Kier molecular flexibility index (Phi) is 7.23. The second-order valence-electron chi connectivity index (χ2n) is 6.69. The Bertz CT molecular complexity index is 775. The maximum atomic E-state index is 12.8. The zero-order valence-corrected chi connectivity index (χ0v) is 15.9. The van der Waals surface area contributed by atoms with Gasteiger partial charge in [-0.3, -0.25) is 9.59 Å². The van der Waals surface area contributed by atoms with Gasteiger partial charge in [0, 0.05) is 5.56 Å². The molecule has 6 heteroatoms. The first-order chi connectivity index (χ1) is 12.9. The Morgan fingerprint density at radius 3 is 2.37 bits per heavy atom. The summed E-state index contributed by atoms with van der Waals surface area (Å²) in [4.78, 5) is 23.7. The average molecular weight is 370 g/mol. The molecule has 2 amide bonds. The van der Waals surface area contributed by atoms with Crippen LogP contribution in [0.5, 0.6) is 11.5 Å². The Morgan fingerprint density at radius 1 is 1.07 bits per heavy atom. The first-order valence-electron chi connectivity index (χ1n) is 8.85. The largest absolute Gasteiger partial charge is 0.493 e. The SMILES string of the molecule is COc1cc(C(=O)NC(CC(C)C)c2ccccc2)ccc1OCC(N)=O. The number of nitrogens with two attached hydrogens (primary N) is 1. The van der Waals surface area contributed by atoms with Gasteiger partial charge in [-0.05, 0) is 36.1 Å². The molecule has 1 unspecified atom stereocenters. The van der Waals surface area contributed by atoms with Gasteiger partial charge in [0.25, 0.3) is 11.8 Å². The number of rotatable bonds is 9. The number of primary amides is 1. The standard InChI is InChI=1S/C21H26N2O4/c1-14(2)11-17(15-7-5-4-6-8-15)23-21(25)16-9-10-18(19(12-16)26-3)27-13-20(22)24/h4-10,12,14,17H,11,13H2,1-3H3,(H2,22,24)(H,23,25). The molecule has 0 spiro atoms. The average Bonchev–Trinajstić information content (AvgIpc) is 2.65. The van der Waals surface area contributed by atoms with Crippen LogP contribution < -0.4 is 20.5 Å². The predicted octanol–water partition coefficient (Wildman–Crippen LogP) is 3.08. The van der Waals surface area contributed by atoms with Crippen LogP contribution in [0.2, 0.25) is 0 Å². The van der Waals surface area contributed by atoms with E-state index in [9.17, 15) is 9.59 Å². The Hall–Kier alpha value is -3.02. The van der Waals surface area contributed by atoms with Crippen LogP contribution in [-0.2, 0) is 4.79 Å². The van der Waals surface area contributed by atoms with Gasteiger partial charge in [-0.2, -0.15) is 0 Å². The summed E-state index contributed by atoms with van der Waals surface area (Å²) in [6.07, 6.45) is 0.826. The van der Waals surface area contributed by atoms with Gasteiger partial charge in [0.1, 0.15) is 0 Å². The lowest BCUT2D eigenvalue weighted by atomic mass is 9.96. The fourth-order valence-corrected chi connectivity index (χ4v) is 2.75. The lowest BCUT2D eigenvalue weighted by molar-refractivity contribution is -0.119. The molecular formula is C21H26N2O4. The van der Waals surface area contributed by atoms with Crippen LogP contribution in [0.4, 0.5) is 0 Å². The number of carbonyl (C=O) groups excluding carboxylic acids is 2. The number of methoxy groups -OCH3 is 1. The summed E-state index contributed by atoms with van der Waals surface area (Å²) in [6.45, 7) is 3.98. The number of nitrogens with one attached hydrogen (secondary N) is 1. The van der Waals surface area contributed by atoms with Crippen LogP contribution in [0.1, 0.15) is 42.2 Å². The topological polar surface area (TPSA) is 90.7 Å². The molecule has 0 fully saturated rings. The van der Waals surface area contributed by atoms with E-state index in [4.69, 9.17) is 15.2 Å². The molecule has 27 heavy (non-hydrogen) atoms. The van der Waals surface area contributed by atoms with Crippen molar-refractivity contribution in [1.29, 1.82) is 0 Å². The van der Waals surface area contributed by atoms with Gasteiger partial charge in [0.2, 0.25) is 0 Å². The van der Waals surface area contributed by atoms with E-state index in [0.29, 0.717) is 23.0 Å². The van der Waals surface area contributed by atoms with Crippen LogP contribution in [0.3, 0.4) is 0 Å². The molecule has 6 nitrogen and oxygen atoms in total. The van der Waals surface area contributed by atoms with Crippen molar-refractivity contribution >= 4 is 11.8 Å². The van der Waals surface area contributed by atoms with Crippen molar-refractivity contribution in [2.45, 2.75) is 26.3 Å². The van der Waals surface area contributed by atoms with Gasteiger partial charge < -0.3 is 20.5 Å². The minimum Gasteiger partial charge on any atom is -0.493 e. The van der Waals surface area contributed by atoms with Crippen molar-refractivity contribution < 1.29 is 19.1 Å². The van der Waals surface area contributed by atoms with Gasteiger partial charge in [0.05, 0.1) is 13.2 Å². The molecule has 2 aromatic carbocycles. The summed E-state index contributed by atoms with van der Waals surface area (Å²) in [6, 6.07) is 14.6. The van der Waals surface area contributed by atoms with Crippen molar-refractivity contribution in [3.05, 3.63) is 59.7 Å². The zero-order chi connectivity index (χ0) is 19.8. The maximum Gasteiger partial charge on any atom is 0.255 e. The van der Waals surface area contributed by atoms with E-state index in [1.165, 1.54) is 7.11 Å². The summed E-state index contributed by atoms with van der Waals surface area (Å²) in [5.41, 5.74) is 6.60. The smallest absolute Gasteiger partial charge is 0.255 e. The number of benzene rings is 2. The molecular weight excluding hydrogens is 344 g/mol. The first-order valence-corrected chi connectivity index (χ1v) is 8.85. The molecule has 0 saturated carbocycles. The summed E-state index contributed by atoms with van der Waals surface area (Å²) in [5, 5.41) is 3.09. The molecule has 1 atom stereocenters. The fraction of sp³-hybridized carbons (Fsp3) is 0.333. The number of hydrogen-bond acceptors (Lipinski definition) is 4. The molecule has 2 aromatic rings. The Morgan fingerprint density at radius 2 is 1.78 bits per heavy atom. The van der Waals surface area contributed by atoms with E-state index in [2.05, 4.69) is 19.2 Å². The Balaban J connectivity index is 2.18. The number of carbonyl (C=O) groups is 2. The van der Waals surface area contributed by atoms with E-state index >= 15 is 0 Å². The summed E-state index contributed by atoms with van der Waals surface area (Å²) >= 11 is 0. The van der Waals surface area contributed by atoms with E-state index < -0.39 is 5.91 Å². The highest BCUT2D eigenvalue weighted by Gasteiger charge is 2.18. The van der Waals surface area contributed by atoms with E-state index in [0.717, 1.165) is 12.0 Å². The van der Waals surface area contributed by atoms with Crippen LogP contribution in [0, 0.1) is 5.92 Å². The normalized spacial score (nSPS) is 11.7. The molecule has 3 N–H and O–H groups in total. The molecule has 0 aliphatic rings. The lowest BCUT2D eigenvalue weighted by Gasteiger charge is -2.21. The molecule has 0 radical (unpaired) electrons. The van der Waals surface area contributed by atoms with Crippen LogP contribution in [0.15, 0.2) is 48.5 Å². The number of ether oxygens (including phenoxy) is 2. The molecule has 2 rings (SSSR count). The fourth-order valence-electron chi connectivity index (χ4n) is 2.75. The highest BCUT2D eigenvalue weighted by Crippen LogP contribution is 2.29.